The summed E-state index contributed by atoms with van der Waals surface area (Å²) in [4.78, 5) is 14.2. The lowest BCUT2D eigenvalue weighted by atomic mass is 9.97. The van der Waals surface area contributed by atoms with E-state index in [1.165, 1.54) is 0 Å². The van der Waals surface area contributed by atoms with Crippen LogP contribution in [0.15, 0.2) is 30.6 Å². The molecule has 0 amide bonds. The van der Waals surface area contributed by atoms with Crippen LogP contribution in [0.2, 0.25) is 5.02 Å². The molecular formula is C19H24ClN3O2S. The van der Waals surface area contributed by atoms with Gasteiger partial charge in [-0.05, 0) is 56.6 Å². The molecule has 0 N–H and O–H groups in total. The predicted octanol–water partition coefficient (Wildman–Crippen LogP) is 4.20. The molecule has 0 atom stereocenters. The molecule has 7 heteroatoms. The third-order valence-electron chi connectivity index (χ3n) is 4.91. The fourth-order valence-corrected chi connectivity index (χ4v) is 3.79. The molecule has 5 nitrogen and oxygen atoms in total. The number of piperidine rings is 1. The van der Waals surface area contributed by atoms with Crippen LogP contribution in [-0.2, 0) is 16.2 Å². The van der Waals surface area contributed by atoms with Crippen molar-refractivity contribution in [1.82, 2.24) is 14.0 Å². The Morgan fingerprint density at radius 2 is 2.04 bits per heavy atom. The average molecular weight is 394 g/mol. The van der Waals surface area contributed by atoms with Crippen molar-refractivity contribution in [3.8, 4) is 5.69 Å². The number of nitrogens with zero attached hydrogens (tertiary/aromatic N) is 3. The van der Waals surface area contributed by atoms with Crippen molar-refractivity contribution >= 4 is 29.8 Å². The Morgan fingerprint density at radius 3 is 2.73 bits per heavy atom. The Bertz CT molecular complexity index is 838. The largest absolute Gasteiger partial charge is 0.466 e. The minimum absolute atomic E-state index is 0.0258. The highest BCUT2D eigenvalue weighted by Crippen LogP contribution is 2.23. The Morgan fingerprint density at radius 1 is 1.31 bits per heavy atom. The van der Waals surface area contributed by atoms with E-state index in [1.807, 2.05) is 49.0 Å². The molecule has 0 saturated carbocycles. The number of likely N-dealkylation sites (tertiary alicyclic amines) is 1. The van der Waals surface area contributed by atoms with E-state index in [-0.39, 0.29) is 11.9 Å². The molecule has 1 aliphatic rings. The van der Waals surface area contributed by atoms with Crippen LogP contribution in [0.4, 0.5) is 0 Å². The van der Waals surface area contributed by atoms with Gasteiger partial charge >= 0.3 is 5.97 Å². The molecule has 0 spiro atoms. The molecule has 1 aromatic heterocycles. The SMILES string of the molecule is CCOC(=O)C1CCN(Cn2ccn(-c3cccc(Cl)c3C)c2=S)CC1. The Labute approximate surface area is 164 Å². The zero-order chi connectivity index (χ0) is 18.7. The number of rotatable bonds is 5. The van der Waals surface area contributed by atoms with Gasteiger partial charge in [0.1, 0.15) is 0 Å². The van der Waals surface area contributed by atoms with Gasteiger partial charge < -0.3 is 9.30 Å². The first-order chi connectivity index (χ1) is 12.5. The second-order valence-corrected chi connectivity index (χ2v) is 7.36. The van der Waals surface area contributed by atoms with E-state index in [2.05, 4.69) is 9.47 Å². The van der Waals surface area contributed by atoms with Crippen molar-refractivity contribution < 1.29 is 9.53 Å². The number of halogens is 1. The summed E-state index contributed by atoms with van der Waals surface area (Å²) in [6.45, 7) is 6.75. The molecule has 0 radical (unpaired) electrons. The molecule has 26 heavy (non-hydrogen) atoms. The van der Waals surface area contributed by atoms with E-state index < -0.39 is 0 Å². The Balaban J connectivity index is 1.68. The molecule has 0 unspecified atom stereocenters. The average Bonchev–Trinajstić information content (AvgIpc) is 2.99. The van der Waals surface area contributed by atoms with Crippen LogP contribution in [0.3, 0.4) is 0 Å². The lowest BCUT2D eigenvalue weighted by Crippen LogP contribution is -2.37. The van der Waals surface area contributed by atoms with Gasteiger partial charge in [0.25, 0.3) is 0 Å². The van der Waals surface area contributed by atoms with Crippen LogP contribution < -0.4 is 0 Å². The molecule has 1 aliphatic heterocycles. The van der Waals surface area contributed by atoms with Crippen molar-refractivity contribution in [2.45, 2.75) is 33.4 Å². The van der Waals surface area contributed by atoms with Gasteiger partial charge in [0.2, 0.25) is 0 Å². The number of ether oxygens (including phenoxy) is 1. The second-order valence-electron chi connectivity index (χ2n) is 6.59. The van der Waals surface area contributed by atoms with Gasteiger partial charge in [0.15, 0.2) is 4.77 Å². The Hall–Kier alpha value is -1.63. The third kappa shape index (κ3) is 4.03. The minimum atomic E-state index is -0.0636. The fourth-order valence-electron chi connectivity index (χ4n) is 3.35. The molecule has 0 bridgehead atoms. The van der Waals surface area contributed by atoms with Gasteiger partial charge in [-0.1, -0.05) is 17.7 Å². The number of aromatic nitrogens is 2. The van der Waals surface area contributed by atoms with Crippen LogP contribution in [-0.4, -0.2) is 39.7 Å². The van der Waals surface area contributed by atoms with E-state index in [4.69, 9.17) is 28.6 Å². The van der Waals surface area contributed by atoms with E-state index in [0.29, 0.717) is 6.61 Å². The van der Waals surface area contributed by atoms with Crippen molar-refractivity contribution in [3.05, 3.63) is 45.9 Å². The predicted molar refractivity (Wildman–Crippen MR) is 105 cm³/mol. The Kier molecular flexibility index (Phi) is 6.16. The van der Waals surface area contributed by atoms with Gasteiger partial charge in [-0.3, -0.25) is 14.3 Å². The molecule has 1 saturated heterocycles. The van der Waals surface area contributed by atoms with Crippen LogP contribution in [0, 0.1) is 17.6 Å². The van der Waals surface area contributed by atoms with Crippen LogP contribution >= 0.6 is 23.8 Å². The number of hydrogen-bond acceptors (Lipinski definition) is 4. The molecule has 2 aromatic rings. The highest BCUT2D eigenvalue weighted by molar-refractivity contribution is 7.71. The zero-order valence-electron chi connectivity index (χ0n) is 15.2. The van der Waals surface area contributed by atoms with Crippen LogP contribution in [0.1, 0.15) is 25.3 Å². The van der Waals surface area contributed by atoms with E-state index in [0.717, 1.165) is 53.6 Å². The molecule has 0 aliphatic carbocycles. The number of carbonyl (C=O) groups is 1. The number of esters is 1. The lowest BCUT2D eigenvalue weighted by molar-refractivity contribution is -0.149. The molecule has 2 heterocycles. The maximum Gasteiger partial charge on any atom is 0.309 e. The molecule has 140 valence electrons. The van der Waals surface area contributed by atoms with Crippen molar-refractivity contribution in [2.24, 2.45) is 5.92 Å². The van der Waals surface area contributed by atoms with E-state index >= 15 is 0 Å². The number of benzene rings is 1. The smallest absolute Gasteiger partial charge is 0.309 e. The minimum Gasteiger partial charge on any atom is -0.466 e. The van der Waals surface area contributed by atoms with E-state index in [9.17, 15) is 4.79 Å². The molecule has 1 fully saturated rings. The zero-order valence-corrected chi connectivity index (χ0v) is 16.7. The summed E-state index contributed by atoms with van der Waals surface area (Å²) in [5.41, 5.74) is 2.01. The number of carbonyl (C=O) groups excluding carboxylic acids is 1. The summed E-state index contributed by atoms with van der Waals surface area (Å²) in [6.07, 6.45) is 5.65. The van der Waals surface area contributed by atoms with Gasteiger partial charge in [-0.15, -0.1) is 0 Å². The number of imidazole rings is 1. The summed E-state index contributed by atoms with van der Waals surface area (Å²) in [7, 11) is 0. The fraction of sp³-hybridized carbons (Fsp3) is 0.474. The maximum absolute atomic E-state index is 11.9. The lowest BCUT2D eigenvalue weighted by Gasteiger charge is -2.30. The summed E-state index contributed by atoms with van der Waals surface area (Å²) in [5, 5.41) is 0.734. The summed E-state index contributed by atoms with van der Waals surface area (Å²) in [5.74, 6) is -0.0378. The van der Waals surface area contributed by atoms with Crippen molar-refractivity contribution in [2.75, 3.05) is 19.7 Å². The first-order valence-electron chi connectivity index (χ1n) is 8.93. The molecule has 1 aromatic carbocycles. The monoisotopic (exact) mass is 393 g/mol. The quantitative estimate of drug-likeness (QED) is 0.563. The van der Waals surface area contributed by atoms with Gasteiger partial charge in [-0.2, -0.15) is 0 Å². The summed E-state index contributed by atoms with van der Waals surface area (Å²) in [6, 6.07) is 5.84. The number of hydrogen-bond donors (Lipinski definition) is 0. The van der Waals surface area contributed by atoms with Gasteiger partial charge in [0, 0.05) is 30.5 Å². The molecule has 3 rings (SSSR count). The summed E-state index contributed by atoms with van der Waals surface area (Å²) >= 11 is 11.9. The third-order valence-corrected chi connectivity index (χ3v) is 5.75. The maximum atomic E-state index is 11.9. The first-order valence-corrected chi connectivity index (χ1v) is 9.72. The first kappa shape index (κ1) is 19.1. The van der Waals surface area contributed by atoms with Crippen molar-refractivity contribution in [1.29, 1.82) is 0 Å². The second kappa shape index (κ2) is 8.37. The van der Waals surface area contributed by atoms with Crippen LogP contribution in [0.25, 0.3) is 5.69 Å². The van der Waals surface area contributed by atoms with Crippen LogP contribution in [0.5, 0.6) is 0 Å². The standard InChI is InChI=1S/C19H24ClN3O2S/c1-3-25-18(24)15-7-9-21(10-8-15)13-22-11-12-23(19(22)26)17-6-4-5-16(20)14(17)2/h4-6,11-12,15H,3,7-10,13H2,1-2H3. The van der Waals surface area contributed by atoms with Crippen molar-refractivity contribution in [3.63, 3.8) is 0 Å². The molecular weight excluding hydrogens is 370 g/mol. The van der Waals surface area contributed by atoms with Gasteiger partial charge in [0.05, 0.1) is 24.9 Å². The highest BCUT2D eigenvalue weighted by atomic mass is 35.5. The van der Waals surface area contributed by atoms with E-state index in [1.54, 1.807) is 0 Å². The topological polar surface area (TPSA) is 39.4 Å². The summed E-state index contributed by atoms with van der Waals surface area (Å²) < 4.78 is 9.92. The normalized spacial score (nSPS) is 16.0. The highest BCUT2D eigenvalue weighted by Gasteiger charge is 2.26. The van der Waals surface area contributed by atoms with Gasteiger partial charge in [-0.25, -0.2) is 0 Å².